The van der Waals surface area contributed by atoms with Crippen molar-refractivity contribution in [2.24, 2.45) is 0 Å². The summed E-state index contributed by atoms with van der Waals surface area (Å²) in [5.74, 6) is -0.240. The summed E-state index contributed by atoms with van der Waals surface area (Å²) >= 11 is 11.6. The van der Waals surface area contributed by atoms with Crippen LogP contribution in [0.15, 0.2) is 18.2 Å². The van der Waals surface area contributed by atoms with Crippen molar-refractivity contribution >= 4 is 29.1 Å². The third-order valence-corrected chi connectivity index (χ3v) is 3.84. The number of alkyl halides is 1. The highest BCUT2D eigenvalue weighted by Crippen LogP contribution is 2.17. The fourth-order valence-electron chi connectivity index (χ4n) is 2.35. The number of halogens is 3. The maximum absolute atomic E-state index is 13.7. The highest BCUT2D eigenvalue weighted by Gasteiger charge is 2.22. The molecule has 0 N–H and O–H groups in total. The number of nitrogens with zero attached hydrogens (tertiary/aromatic N) is 2. The molecule has 3 nitrogen and oxygen atoms in total. The topological polar surface area (TPSA) is 23.6 Å². The van der Waals surface area contributed by atoms with E-state index in [-0.39, 0.29) is 11.5 Å². The lowest BCUT2D eigenvalue weighted by atomic mass is 10.2. The minimum absolute atomic E-state index is 0.0447. The van der Waals surface area contributed by atoms with Gasteiger partial charge in [0.15, 0.2) is 0 Å². The molecule has 110 valence electrons. The second-order valence-electron chi connectivity index (χ2n) is 4.80. The van der Waals surface area contributed by atoms with Crippen molar-refractivity contribution in [2.75, 3.05) is 38.6 Å². The number of carbonyl (C=O) groups is 1. The Kier molecular flexibility index (Phi) is 5.64. The van der Waals surface area contributed by atoms with Crippen LogP contribution in [0.1, 0.15) is 16.8 Å². The van der Waals surface area contributed by atoms with Crippen LogP contribution < -0.4 is 0 Å². The molecule has 1 amide bonds. The van der Waals surface area contributed by atoms with E-state index in [1.54, 1.807) is 4.90 Å². The van der Waals surface area contributed by atoms with E-state index in [1.807, 2.05) is 0 Å². The van der Waals surface area contributed by atoms with Gasteiger partial charge in [-0.2, -0.15) is 0 Å². The van der Waals surface area contributed by atoms with Gasteiger partial charge < -0.3 is 9.80 Å². The number of hydrogen-bond donors (Lipinski definition) is 0. The standard InChI is InChI=1S/C14H17Cl2FN2O/c15-4-7-18-5-1-6-19(9-8-18)14(20)12-10-11(16)2-3-13(12)17/h2-3,10H,1,4-9H2. The highest BCUT2D eigenvalue weighted by atomic mass is 35.5. The molecule has 1 saturated heterocycles. The quantitative estimate of drug-likeness (QED) is 0.800. The van der Waals surface area contributed by atoms with Crippen molar-refractivity contribution in [3.63, 3.8) is 0 Å². The van der Waals surface area contributed by atoms with E-state index >= 15 is 0 Å². The number of rotatable bonds is 3. The van der Waals surface area contributed by atoms with Gasteiger partial charge in [0.1, 0.15) is 5.82 Å². The maximum atomic E-state index is 13.7. The summed E-state index contributed by atoms with van der Waals surface area (Å²) in [7, 11) is 0. The lowest BCUT2D eigenvalue weighted by molar-refractivity contribution is 0.0757. The molecule has 0 radical (unpaired) electrons. The van der Waals surface area contributed by atoms with Gasteiger partial charge in [0.05, 0.1) is 5.56 Å². The molecule has 1 heterocycles. The zero-order valence-corrected chi connectivity index (χ0v) is 12.6. The molecule has 1 aliphatic rings. The molecule has 1 aliphatic heterocycles. The molecule has 0 atom stereocenters. The Morgan fingerprint density at radius 1 is 1.25 bits per heavy atom. The summed E-state index contributed by atoms with van der Waals surface area (Å²) in [5.41, 5.74) is 0.0447. The first-order valence-electron chi connectivity index (χ1n) is 6.64. The van der Waals surface area contributed by atoms with Gasteiger partial charge in [-0.1, -0.05) is 11.6 Å². The van der Waals surface area contributed by atoms with Crippen molar-refractivity contribution in [3.05, 3.63) is 34.6 Å². The summed E-state index contributed by atoms with van der Waals surface area (Å²) in [6.07, 6.45) is 0.866. The molecule has 0 aliphatic carbocycles. The fourth-order valence-corrected chi connectivity index (χ4v) is 2.76. The molecule has 0 aromatic heterocycles. The number of carbonyl (C=O) groups excluding carboxylic acids is 1. The third kappa shape index (κ3) is 3.84. The Morgan fingerprint density at radius 3 is 2.80 bits per heavy atom. The maximum Gasteiger partial charge on any atom is 0.256 e. The molecule has 1 aromatic rings. The predicted octanol–water partition coefficient (Wildman–Crippen LogP) is 2.87. The van der Waals surface area contributed by atoms with E-state index in [0.717, 1.165) is 26.1 Å². The minimum Gasteiger partial charge on any atom is -0.337 e. The minimum atomic E-state index is -0.527. The third-order valence-electron chi connectivity index (χ3n) is 3.44. The second-order valence-corrected chi connectivity index (χ2v) is 5.61. The molecule has 1 aromatic carbocycles. The van der Waals surface area contributed by atoms with Crippen LogP contribution in [0.3, 0.4) is 0 Å². The van der Waals surface area contributed by atoms with Crippen molar-refractivity contribution < 1.29 is 9.18 Å². The lowest BCUT2D eigenvalue weighted by Crippen LogP contribution is -2.36. The van der Waals surface area contributed by atoms with Crippen LogP contribution >= 0.6 is 23.2 Å². The predicted molar refractivity (Wildman–Crippen MR) is 79.1 cm³/mol. The number of benzene rings is 1. The SMILES string of the molecule is O=C(c1cc(Cl)ccc1F)N1CCCN(CCCl)CC1. The van der Waals surface area contributed by atoms with E-state index in [1.165, 1.54) is 18.2 Å². The molecule has 6 heteroatoms. The summed E-state index contributed by atoms with van der Waals surface area (Å²) in [6.45, 7) is 3.70. The molecule has 0 bridgehead atoms. The molecule has 0 spiro atoms. The highest BCUT2D eigenvalue weighted by molar-refractivity contribution is 6.31. The van der Waals surface area contributed by atoms with Gasteiger partial charge in [0.25, 0.3) is 5.91 Å². The van der Waals surface area contributed by atoms with Crippen LogP contribution in [0.2, 0.25) is 5.02 Å². The molecule has 0 unspecified atom stereocenters. The average molecular weight is 319 g/mol. The van der Waals surface area contributed by atoms with Crippen LogP contribution in [0.5, 0.6) is 0 Å². The monoisotopic (exact) mass is 318 g/mol. The van der Waals surface area contributed by atoms with Crippen LogP contribution in [-0.4, -0.2) is 54.3 Å². The molecule has 20 heavy (non-hydrogen) atoms. The Labute approximate surface area is 128 Å². The summed E-state index contributed by atoms with van der Waals surface area (Å²) in [5, 5.41) is 0.369. The Balaban J connectivity index is 2.07. The van der Waals surface area contributed by atoms with Crippen LogP contribution in [0.25, 0.3) is 0 Å². The van der Waals surface area contributed by atoms with Crippen molar-refractivity contribution in [3.8, 4) is 0 Å². The molecular weight excluding hydrogens is 302 g/mol. The fraction of sp³-hybridized carbons (Fsp3) is 0.500. The van der Waals surface area contributed by atoms with E-state index in [4.69, 9.17) is 23.2 Å². The Bertz CT molecular complexity index is 484. The summed E-state index contributed by atoms with van der Waals surface area (Å²) < 4.78 is 13.7. The first-order valence-corrected chi connectivity index (χ1v) is 7.55. The summed E-state index contributed by atoms with van der Waals surface area (Å²) in [4.78, 5) is 16.3. The molecule has 2 rings (SSSR count). The van der Waals surface area contributed by atoms with Gasteiger partial charge in [-0.25, -0.2) is 4.39 Å². The van der Waals surface area contributed by atoms with Gasteiger partial charge in [-0.05, 0) is 31.2 Å². The Hall–Kier alpha value is -0.840. The van der Waals surface area contributed by atoms with Crippen LogP contribution in [0.4, 0.5) is 4.39 Å². The van der Waals surface area contributed by atoms with Gasteiger partial charge in [-0.15, -0.1) is 11.6 Å². The van der Waals surface area contributed by atoms with Gasteiger partial charge in [-0.3, -0.25) is 4.79 Å². The Morgan fingerprint density at radius 2 is 2.05 bits per heavy atom. The first kappa shape index (κ1) is 15.5. The first-order chi connectivity index (χ1) is 9.61. The van der Waals surface area contributed by atoms with Gasteiger partial charge in [0, 0.05) is 37.1 Å². The average Bonchev–Trinajstić information content (AvgIpc) is 2.67. The zero-order chi connectivity index (χ0) is 14.5. The zero-order valence-electron chi connectivity index (χ0n) is 11.1. The number of amides is 1. The molecular formula is C14H17Cl2FN2O. The van der Waals surface area contributed by atoms with E-state index < -0.39 is 5.82 Å². The van der Waals surface area contributed by atoms with Gasteiger partial charge in [0.2, 0.25) is 0 Å². The lowest BCUT2D eigenvalue weighted by Gasteiger charge is -2.21. The number of hydrogen-bond acceptors (Lipinski definition) is 2. The van der Waals surface area contributed by atoms with Crippen molar-refractivity contribution in [1.29, 1.82) is 0 Å². The molecule has 0 saturated carbocycles. The molecule has 1 fully saturated rings. The van der Waals surface area contributed by atoms with Crippen molar-refractivity contribution in [1.82, 2.24) is 9.80 Å². The smallest absolute Gasteiger partial charge is 0.256 e. The van der Waals surface area contributed by atoms with E-state index in [9.17, 15) is 9.18 Å². The van der Waals surface area contributed by atoms with E-state index in [0.29, 0.717) is 24.0 Å². The van der Waals surface area contributed by atoms with Crippen LogP contribution in [0, 0.1) is 5.82 Å². The van der Waals surface area contributed by atoms with Gasteiger partial charge >= 0.3 is 0 Å². The van der Waals surface area contributed by atoms with Crippen molar-refractivity contribution in [2.45, 2.75) is 6.42 Å². The largest absolute Gasteiger partial charge is 0.337 e. The van der Waals surface area contributed by atoms with Crippen LogP contribution in [-0.2, 0) is 0 Å². The summed E-state index contributed by atoms with van der Waals surface area (Å²) in [6, 6.07) is 4.06. The van der Waals surface area contributed by atoms with E-state index in [2.05, 4.69) is 4.90 Å². The second kappa shape index (κ2) is 7.25. The normalized spacial score (nSPS) is 17.1.